The fraction of sp³-hybridized carbons (Fsp3) is 0.714. The maximum atomic E-state index is 13.2. The highest BCUT2D eigenvalue weighted by atomic mass is 16.5. The van der Waals surface area contributed by atoms with Gasteiger partial charge in [0.05, 0.1) is 30.5 Å². The van der Waals surface area contributed by atoms with E-state index in [0.29, 0.717) is 31.1 Å². The molecule has 160 valence electrons. The Labute approximate surface area is 173 Å². The fourth-order valence-corrected chi connectivity index (χ4v) is 4.20. The van der Waals surface area contributed by atoms with Gasteiger partial charge in [0.1, 0.15) is 5.82 Å². The number of piperidine rings is 2. The van der Waals surface area contributed by atoms with Crippen LogP contribution in [0.2, 0.25) is 0 Å². The van der Waals surface area contributed by atoms with Crippen LogP contribution < -0.4 is 5.32 Å². The molecular weight excluding hydrogens is 370 g/mol. The lowest BCUT2D eigenvalue weighted by Gasteiger charge is -2.36. The molecule has 3 rings (SSSR count). The number of hydrogen-bond donors (Lipinski definition) is 1. The highest BCUT2D eigenvalue weighted by molar-refractivity contribution is 5.95. The molecule has 1 N–H and O–H groups in total. The Kier molecular flexibility index (Phi) is 7.94. The Balaban J connectivity index is 1.79. The van der Waals surface area contributed by atoms with Crippen molar-refractivity contribution in [1.82, 2.24) is 25.1 Å². The fourth-order valence-electron chi connectivity index (χ4n) is 4.20. The molecule has 0 aliphatic carbocycles. The van der Waals surface area contributed by atoms with Crippen molar-refractivity contribution < 1.29 is 14.3 Å². The number of nitrogens with zero attached hydrogens (tertiary/aromatic N) is 4. The van der Waals surface area contributed by atoms with Crippen molar-refractivity contribution in [2.75, 3.05) is 46.4 Å². The lowest BCUT2D eigenvalue weighted by Crippen LogP contribution is -2.43. The molecule has 0 radical (unpaired) electrons. The number of nitrogens with one attached hydrogen (secondary N) is 1. The van der Waals surface area contributed by atoms with E-state index in [-0.39, 0.29) is 17.9 Å². The summed E-state index contributed by atoms with van der Waals surface area (Å²) < 4.78 is 5.00. The molecule has 2 fully saturated rings. The minimum atomic E-state index is -0.0395. The maximum absolute atomic E-state index is 13.2. The minimum Gasteiger partial charge on any atom is -0.383 e. The molecule has 0 spiro atoms. The molecule has 1 unspecified atom stereocenters. The van der Waals surface area contributed by atoms with E-state index < -0.39 is 0 Å². The van der Waals surface area contributed by atoms with Crippen LogP contribution in [-0.4, -0.2) is 78.0 Å². The van der Waals surface area contributed by atoms with E-state index in [1.54, 1.807) is 13.3 Å². The van der Waals surface area contributed by atoms with E-state index in [9.17, 15) is 9.59 Å². The van der Waals surface area contributed by atoms with Crippen LogP contribution in [0.5, 0.6) is 0 Å². The maximum Gasteiger partial charge on any atom is 0.257 e. The van der Waals surface area contributed by atoms with Crippen molar-refractivity contribution in [2.24, 2.45) is 0 Å². The average Bonchev–Trinajstić information content (AvgIpc) is 2.74. The van der Waals surface area contributed by atoms with Crippen molar-refractivity contribution in [3.8, 4) is 0 Å². The quantitative estimate of drug-likeness (QED) is 0.697. The molecule has 2 aliphatic heterocycles. The van der Waals surface area contributed by atoms with Crippen LogP contribution >= 0.6 is 0 Å². The van der Waals surface area contributed by atoms with Crippen LogP contribution in [0.4, 0.5) is 0 Å². The van der Waals surface area contributed by atoms with Gasteiger partial charge in [-0.15, -0.1) is 0 Å². The molecule has 29 heavy (non-hydrogen) atoms. The minimum absolute atomic E-state index is 0.0229. The normalized spacial score (nSPS) is 20.5. The van der Waals surface area contributed by atoms with Crippen molar-refractivity contribution >= 4 is 11.8 Å². The monoisotopic (exact) mass is 403 g/mol. The van der Waals surface area contributed by atoms with Gasteiger partial charge in [-0.1, -0.05) is 6.42 Å². The Morgan fingerprint density at radius 3 is 2.69 bits per heavy atom. The first-order valence-electron chi connectivity index (χ1n) is 10.7. The van der Waals surface area contributed by atoms with Crippen molar-refractivity contribution in [2.45, 2.75) is 51.5 Å². The Hall–Kier alpha value is -2.06. The smallest absolute Gasteiger partial charge is 0.257 e. The molecular formula is C21H33N5O3. The first-order chi connectivity index (χ1) is 14.1. The highest BCUT2D eigenvalue weighted by Crippen LogP contribution is 2.32. The topological polar surface area (TPSA) is 87.7 Å². The van der Waals surface area contributed by atoms with Crippen LogP contribution in [0.1, 0.15) is 66.4 Å². The summed E-state index contributed by atoms with van der Waals surface area (Å²) in [5, 5.41) is 2.89. The molecule has 0 bridgehead atoms. The second-order valence-corrected chi connectivity index (χ2v) is 7.89. The van der Waals surface area contributed by atoms with Gasteiger partial charge >= 0.3 is 0 Å². The second kappa shape index (κ2) is 10.6. The van der Waals surface area contributed by atoms with E-state index in [2.05, 4.69) is 15.2 Å². The zero-order chi connectivity index (χ0) is 20.6. The number of carbonyl (C=O) groups excluding carboxylic acids is 2. The van der Waals surface area contributed by atoms with Crippen LogP contribution in [-0.2, 0) is 9.53 Å². The van der Waals surface area contributed by atoms with Gasteiger partial charge in [0.15, 0.2) is 0 Å². The van der Waals surface area contributed by atoms with Gasteiger partial charge in [-0.25, -0.2) is 9.97 Å². The third kappa shape index (κ3) is 5.73. The summed E-state index contributed by atoms with van der Waals surface area (Å²) in [5.41, 5.74) is 1.37. The van der Waals surface area contributed by atoms with E-state index >= 15 is 0 Å². The number of ether oxygens (including phenoxy) is 1. The molecule has 2 saturated heterocycles. The van der Waals surface area contributed by atoms with E-state index in [1.807, 2.05) is 11.8 Å². The first-order valence-corrected chi connectivity index (χ1v) is 10.7. The van der Waals surface area contributed by atoms with Crippen LogP contribution in [0.25, 0.3) is 0 Å². The molecule has 1 aromatic rings. The van der Waals surface area contributed by atoms with Crippen molar-refractivity contribution in [1.29, 1.82) is 0 Å². The molecule has 0 saturated carbocycles. The van der Waals surface area contributed by atoms with Crippen LogP contribution in [0.3, 0.4) is 0 Å². The lowest BCUT2D eigenvalue weighted by atomic mass is 9.95. The van der Waals surface area contributed by atoms with Gasteiger partial charge in [0, 0.05) is 32.9 Å². The van der Waals surface area contributed by atoms with Gasteiger partial charge in [0.2, 0.25) is 5.91 Å². The molecule has 8 heteroatoms. The number of methoxy groups -OCH3 is 1. The van der Waals surface area contributed by atoms with Crippen LogP contribution in [0.15, 0.2) is 6.20 Å². The Morgan fingerprint density at radius 2 is 1.93 bits per heavy atom. The number of aryl methyl sites for hydroxylation is 1. The molecule has 8 nitrogen and oxygen atoms in total. The average molecular weight is 404 g/mol. The summed E-state index contributed by atoms with van der Waals surface area (Å²) >= 11 is 0. The number of amides is 2. The molecule has 0 aromatic carbocycles. The number of likely N-dealkylation sites (tertiary alicyclic amines) is 2. The zero-order valence-electron chi connectivity index (χ0n) is 17.7. The summed E-state index contributed by atoms with van der Waals surface area (Å²) in [6, 6.07) is -0.0395. The van der Waals surface area contributed by atoms with E-state index in [1.165, 1.54) is 6.42 Å². The summed E-state index contributed by atoms with van der Waals surface area (Å²) in [4.78, 5) is 38.7. The lowest BCUT2D eigenvalue weighted by molar-refractivity contribution is -0.123. The first kappa shape index (κ1) is 21.6. The molecule has 1 aromatic heterocycles. The predicted molar refractivity (Wildman–Crippen MR) is 110 cm³/mol. The van der Waals surface area contributed by atoms with E-state index in [0.717, 1.165) is 57.4 Å². The third-order valence-corrected chi connectivity index (χ3v) is 5.72. The van der Waals surface area contributed by atoms with Gasteiger partial charge in [-0.3, -0.25) is 14.5 Å². The summed E-state index contributed by atoms with van der Waals surface area (Å²) in [6.07, 6.45) is 7.95. The van der Waals surface area contributed by atoms with Crippen molar-refractivity contribution in [3.63, 3.8) is 0 Å². The second-order valence-electron chi connectivity index (χ2n) is 7.89. The largest absolute Gasteiger partial charge is 0.383 e. The molecule has 3 heterocycles. The number of hydrogen-bond acceptors (Lipinski definition) is 6. The number of rotatable bonds is 7. The molecule has 2 aliphatic rings. The number of aromatic nitrogens is 2. The van der Waals surface area contributed by atoms with Gasteiger partial charge < -0.3 is 15.0 Å². The van der Waals surface area contributed by atoms with Crippen LogP contribution in [0, 0.1) is 6.92 Å². The highest BCUT2D eigenvalue weighted by Gasteiger charge is 2.32. The SMILES string of the molecule is COCCNC(=O)CN1CCCCC1c1nc(C)ncc1C(=O)N1CCCCC1. The van der Waals surface area contributed by atoms with Gasteiger partial charge in [-0.05, 0) is 45.6 Å². The Morgan fingerprint density at radius 1 is 1.17 bits per heavy atom. The summed E-state index contributed by atoms with van der Waals surface area (Å²) in [5.74, 6) is 0.656. The predicted octanol–water partition coefficient (Wildman–Crippen LogP) is 1.70. The van der Waals surface area contributed by atoms with Gasteiger partial charge in [-0.2, -0.15) is 0 Å². The molecule has 1 atom stereocenters. The summed E-state index contributed by atoms with van der Waals surface area (Å²) in [7, 11) is 1.62. The van der Waals surface area contributed by atoms with Crippen molar-refractivity contribution in [3.05, 3.63) is 23.3 Å². The third-order valence-electron chi connectivity index (χ3n) is 5.72. The molecule has 2 amide bonds. The number of carbonyl (C=O) groups is 2. The standard InChI is InChI=1S/C21H33N5O3/c1-16-23-14-17(21(28)25-10-5-3-6-11-25)20(24-16)18-8-4-7-12-26(18)15-19(27)22-9-13-29-2/h14,18H,3-13,15H2,1-2H3,(H,22,27). The van der Waals surface area contributed by atoms with E-state index in [4.69, 9.17) is 9.72 Å². The summed E-state index contributed by atoms with van der Waals surface area (Å²) in [6.45, 7) is 5.56. The zero-order valence-corrected chi connectivity index (χ0v) is 17.7. The van der Waals surface area contributed by atoms with Gasteiger partial charge in [0.25, 0.3) is 5.91 Å². The Bertz CT molecular complexity index is 706.